The highest BCUT2D eigenvalue weighted by Gasteiger charge is 2.79. The predicted molar refractivity (Wildman–Crippen MR) is 129 cm³/mol. The summed E-state index contributed by atoms with van der Waals surface area (Å²) >= 11 is 0. The van der Waals surface area contributed by atoms with Crippen molar-refractivity contribution < 1.29 is 29.0 Å². The van der Waals surface area contributed by atoms with Crippen molar-refractivity contribution in [2.45, 2.75) is 57.9 Å². The van der Waals surface area contributed by atoms with Gasteiger partial charge in [0.05, 0.1) is 24.5 Å². The molecule has 4 fully saturated rings. The Morgan fingerprint density at radius 1 is 1.31 bits per heavy atom. The van der Waals surface area contributed by atoms with Crippen LogP contribution >= 0.6 is 0 Å². The summed E-state index contributed by atoms with van der Waals surface area (Å²) in [4.78, 5) is 36.5. The molecule has 0 bridgehead atoms. The lowest BCUT2D eigenvalue weighted by Gasteiger charge is -2.64. The van der Waals surface area contributed by atoms with Crippen LogP contribution < -0.4 is 5.06 Å². The molecular formula is C28H33FN2O5. The minimum absolute atomic E-state index is 0.179. The van der Waals surface area contributed by atoms with Crippen molar-refractivity contribution in [2.75, 3.05) is 18.2 Å². The maximum Gasteiger partial charge on any atom is 0.193 e. The van der Waals surface area contributed by atoms with Crippen molar-refractivity contribution in [3.63, 3.8) is 0 Å². The van der Waals surface area contributed by atoms with Crippen LogP contribution in [0.1, 0.15) is 40.0 Å². The molecular weight excluding hydrogens is 463 g/mol. The molecule has 0 spiro atoms. The maximum absolute atomic E-state index is 15.8. The number of anilines is 1. The van der Waals surface area contributed by atoms with Gasteiger partial charge in [-0.3, -0.25) is 24.5 Å². The Labute approximate surface area is 210 Å². The van der Waals surface area contributed by atoms with E-state index in [9.17, 15) is 19.8 Å². The van der Waals surface area contributed by atoms with Crippen LogP contribution in [-0.2, 0) is 14.4 Å². The lowest BCUT2D eigenvalue weighted by Crippen LogP contribution is -2.67. The summed E-state index contributed by atoms with van der Waals surface area (Å²) in [6, 6.07) is 3.66. The molecule has 9 unspecified atom stereocenters. The van der Waals surface area contributed by atoms with E-state index in [1.165, 1.54) is 12.2 Å². The molecule has 192 valence electrons. The second-order valence-corrected chi connectivity index (χ2v) is 12.1. The van der Waals surface area contributed by atoms with Gasteiger partial charge in [-0.05, 0) is 60.5 Å². The molecule has 2 N–H and O–H groups in total. The van der Waals surface area contributed by atoms with Gasteiger partial charge >= 0.3 is 0 Å². The standard InChI is InChI=1S/C28H33FN2O5/c1-25-7-6-18(33)9-19(25)21(29)10-20-24(25)22(34)12-27(3)26(20,2)11-16-14-31(17-5-4-8-30-13-17)36-28(16,27)23(35)15-32/h4-9,13,16,20-22,24,32,34H,10-12,14-15H2,1-3H3. The Bertz CT molecular complexity index is 1190. The third-order valence-corrected chi connectivity index (χ3v) is 10.7. The van der Waals surface area contributed by atoms with Crippen LogP contribution in [0.2, 0.25) is 0 Å². The van der Waals surface area contributed by atoms with E-state index in [4.69, 9.17) is 4.84 Å². The van der Waals surface area contributed by atoms with Gasteiger partial charge in [0.2, 0.25) is 0 Å². The maximum atomic E-state index is 15.8. The van der Waals surface area contributed by atoms with Crippen LogP contribution in [0.3, 0.4) is 0 Å². The Kier molecular flexibility index (Phi) is 5.03. The average Bonchev–Trinajstić information content (AvgIpc) is 3.31. The number of fused-ring (bicyclic) bond motifs is 7. The molecule has 6 rings (SSSR count). The van der Waals surface area contributed by atoms with Crippen molar-refractivity contribution in [3.8, 4) is 0 Å². The molecule has 1 aromatic heterocycles. The number of carbonyl (C=O) groups excluding carboxylic acids is 2. The molecule has 0 aromatic carbocycles. The Morgan fingerprint density at radius 3 is 2.78 bits per heavy atom. The normalized spacial score (nSPS) is 47.1. The minimum Gasteiger partial charge on any atom is -0.393 e. The third kappa shape index (κ3) is 2.70. The number of carbonyl (C=O) groups is 2. The number of pyridine rings is 1. The Balaban J connectivity index is 1.46. The van der Waals surface area contributed by atoms with Crippen molar-refractivity contribution in [2.24, 2.45) is 34.0 Å². The number of halogens is 1. The number of aliphatic hydroxyl groups is 2. The van der Waals surface area contributed by atoms with Crippen LogP contribution in [0.4, 0.5) is 10.1 Å². The summed E-state index contributed by atoms with van der Waals surface area (Å²) < 4.78 is 15.8. The molecule has 8 heteroatoms. The zero-order chi connectivity index (χ0) is 25.7. The van der Waals surface area contributed by atoms with E-state index in [2.05, 4.69) is 11.9 Å². The van der Waals surface area contributed by atoms with Gasteiger partial charge in [-0.15, -0.1) is 0 Å². The van der Waals surface area contributed by atoms with Crippen LogP contribution in [0.15, 0.2) is 48.3 Å². The molecule has 0 radical (unpaired) electrons. The lowest BCUT2D eigenvalue weighted by molar-refractivity contribution is -0.216. The van der Waals surface area contributed by atoms with Crippen LogP contribution in [0.25, 0.3) is 0 Å². The predicted octanol–water partition coefficient (Wildman–Crippen LogP) is 2.98. The molecule has 9 atom stereocenters. The zero-order valence-electron chi connectivity index (χ0n) is 20.9. The number of Topliss-reactive ketones (excluding diaryl/α,β-unsaturated/α-hetero) is 1. The largest absolute Gasteiger partial charge is 0.393 e. The fourth-order valence-electron chi connectivity index (χ4n) is 9.07. The topological polar surface area (TPSA) is 100.0 Å². The highest BCUT2D eigenvalue weighted by molar-refractivity contribution is 6.01. The Hall–Kier alpha value is -2.42. The number of hydroxylamine groups is 1. The molecule has 0 amide bonds. The first-order valence-electron chi connectivity index (χ1n) is 12.8. The quantitative estimate of drug-likeness (QED) is 0.664. The number of alkyl halides is 1. The summed E-state index contributed by atoms with van der Waals surface area (Å²) in [7, 11) is 0. The SMILES string of the molecule is CC12C=CC(=O)C=C1C(F)CC1C2C(O)CC2(C)C1(C)CC1CN(c3cccnc3)OC12C(=O)CO. The van der Waals surface area contributed by atoms with Crippen molar-refractivity contribution in [1.82, 2.24) is 4.98 Å². The lowest BCUT2D eigenvalue weighted by atomic mass is 9.41. The number of hydrogen-bond acceptors (Lipinski definition) is 7. The highest BCUT2D eigenvalue weighted by Crippen LogP contribution is 2.76. The number of aliphatic hydroxyl groups excluding tert-OH is 2. The first kappa shape index (κ1) is 23.9. The summed E-state index contributed by atoms with van der Waals surface area (Å²) in [5.41, 5.74) is -2.36. The van der Waals surface area contributed by atoms with E-state index >= 15 is 4.39 Å². The van der Waals surface area contributed by atoms with Gasteiger partial charge in [0.1, 0.15) is 12.8 Å². The van der Waals surface area contributed by atoms with Crippen LogP contribution in [0, 0.1) is 34.0 Å². The van der Waals surface area contributed by atoms with E-state index in [-0.39, 0.29) is 36.4 Å². The molecule has 1 saturated heterocycles. The smallest absolute Gasteiger partial charge is 0.193 e. The Morgan fingerprint density at radius 2 is 2.08 bits per heavy atom. The molecule has 5 aliphatic rings. The minimum atomic E-state index is -1.35. The first-order chi connectivity index (χ1) is 17.0. The molecule has 1 aliphatic heterocycles. The van der Waals surface area contributed by atoms with E-state index in [1.807, 2.05) is 19.9 Å². The molecule has 3 saturated carbocycles. The first-order valence-corrected chi connectivity index (χ1v) is 12.8. The fourth-order valence-corrected chi connectivity index (χ4v) is 9.07. The van der Waals surface area contributed by atoms with Crippen LogP contribution in [-0.4, -0.2) is 57.8 Å². The monoisotopic (exact) mass is 496 g/mol. The van der Waals surface area contributed by atoms with Gasteiger partial charge in [0.15, 0.2) is 17.2 Å². The molecule has 36 heavy (non-hydrogen) atoms. The van der Waals surface area contributed by atoms with Crippen molar-refractivity contribution in [3.05, 3.63) is 48.3 Å². The molecule has 7 nitrogen and oxygen atoms in total. The third-order valence-electron chi connectivity index (χ3n) is 10.7. The van der Waals surface area contributed by atoms with Gasteiger partial charge in [0, 0.05) is 28.9 Å². The van der Waals surface area contributed by atoms with E-state index in [0.29, 0.717) is 18.5 Å². The molecule has 4 aliphatic carbocycles. The number of allylic oxidation sites excluding steroid dienone is 4. The number of aromatic nitrogens is 1. The van der Waals surface area contributed by atoms with Crippen molar-refractivity contribution >= 4 is 17.3 Å². The summed E-state index contributed by atoms with van der Waals surface area (Å²) in [5.74, 6) is -1.42. The van der Waals surface area contributed by atoms with Crippen molar-refractivity contribution in [1.29, 1.82) is 0 Å². The average molecular weight is 497 g/mol. The zero-order valence-corrected chi connectivity index (χ0v) is 20.9. The van der Waals surface area contributed by atoms with E-state index < -0.39 is 46.5 Å². The molecule has 1 aromatic rings. The number of hydrogen-bond donors (Lipinski definition) is 2. The fraction of sp³-hybridized carbons (Fsp3) is 0.607. The summed E-state index contributed by atoms with van der Waals surface area (Å²) in [6.07, 6.45) is 6.89. The second-order valence-electron chi connectivity index (χ2n) is 12.1. The summed E-state index contributed by atoms with van der Waals surface area (Å²) in [6.45, 7) is 5.78. The van der Waals surface area contributed by atoms with E-state index in [0.717, 1.165) is 5.69 Å². The second kappa shape index (κ2) is 7.55. The van der Waals surface area contributed by atoms with Gasteiger partial charge in [-0.2, -0.15) is 0 Å². The number of ketones is 2. The van der Waals surface area contributed by atoms with E-state index in [1.54, 1.807) is 29.6 Å². The van der Waals surface area contributed by atoms with Gasteiger partial charge in [-0.1, -0.05) is 26.8 Å². The van der Waals surface area contributed by atoms with Crippen LogP contribution in [0.5, 0.6) is 0 Å². The van der Waals surface area contributed by atoms with Gasteiger partial charge in [0.25, 0.3) is 0 Å². The summed E-state index contributed by atoms with van der Waals surface area (Å²) in [5, 5.41) is 23.5. The number of rotatable bonds is 3. The van der Waals surface area contributed by atoms with Gasteiger partial charge in [-0.25, -0.2) is 4.39 Å². The highest BCUT2D eigenvalue weighted by atomic mass is 19.1. The molecule has 2 heterocycles. The van der Waals surface area contributed by atoms with Gasteiger partial charge < -0.3 is 10.2 Å². The number of nitrogens with zero attached hydrogens (tertiary/aromatic N) is 2.